The summed E-state index contributed by atoms with van der Waals surface area (Å²) in [7, 11) is 0. The number of hydrogen-bond donors (Lipinski definition) is 2. The van der Waals surface area contributed by atoms with Crippen molar-refractivity contribution in [3.8, 4) is 0 Å². The standard InChI is InChI=1S/C30H41N3O4/c1-9-19-33(28(35)25(21(4)10-2)32-29(36)37-30(6,7)8)26(23-17-15-20(3)16-18-23)27(34)31-24-14-12-11-13-22(24)5/h9,11-18,21,25-26H,1,10,19H2,2-8H3,(H,31,34)(H,32,36). The van der Waals surface area contributed by atoms with Crippen LogP contribution in [0.15, 0.2) is 61.2 Å². The first-order valence-corrected chi connectivity index (χ1v) is 12.7. The monoisotopic (exact) mass is 507 g/mol. The molecule has 7 nitrogen and oxygen atoms in total. The van der Waals surface area contributed by atoms with Crippen LogP contribution in [0.3, 0.4) is 0 Å². The molecule has 200 valence electrons. The highest BCUT2D eigenvalue weighted by Gasteiger charge is 2.37. The number of amides is 3. The van der Waals surface area contributed by atoms with Gasteiger partial charge in [0, 0.05) is 12.2 Å². The van der Waals surface area contributed by atoms with Crippen LogP contribution < -0.4 is 10.6 Å². The Kier molecular flexibility index (Phi) is 10.5. The fraction of sp³-hybridized carbons (Fsp3) is 0.433. The van der Waals surface area contributed by atoms with E-state index in [0.717, 1.165) is 11.1 Å². The molecule has 2 N–H and O–H groups in total. The van der Waals surface area contributed by atoms with Crippen LogP contribution in [0.5, 0.6) is 0 Å². The molecule has 0 heterocycles. The molecule has 0 spiro atoms. The highest BCUT2D eigenvalue weighted by molar-refractivity contribution is 5.99. The van der Waals surface area contributed by atoms with Crippen molar-refractivity contribution in [2.75, 3.05) is 11.9 Å². The van der Waals surface area contributed by atoms with Crippen LogP contribution in [-0.2, 0) is 14.3 Å². The number of nitrogens with one attached hydrogen (secondary N) is 2. The normalized spacial score (nSPS) is 13.6. The molecule has 2 aromatic carbocycles. The van der Waals surface area contributed by atoms with Crippen molar-refractivity contribution >= 4 is 23.6 Å². The number of hydrogen-bond acceptors (Lipinski definition) is 4. The average Bonchev–Trinajstić information content (AvgIpc) is 2.82. The number of nitrogens with zero attached hydrogens (tertiary/aromatic N) is 1. The summed E-state index contributed by atoms with van der Waals surface area (Å²) in [5.74, 6) is -0.940. The Balaban J connectivity index is 2.52. The first-order valence-electron chi connectivity index (χ1n) is 12.7. The number of carbonyl (C=O) groups is 3. The van der Waals surface area contributed by atoms with Crippen molar-refractivity contribution in [1.82, 2.24) is 10.2 Å². The third-order valence-corrected chi connectivity index (χ3v) is 6.12. The van der Waals surface area contributed by atoms with E-state index in [2.05, 4.69) is 17.2 Å². The Morgan fingerprint density at radius 1 is 1.05 bits per heavy atom. The molecular formula is C30H41N3O4. The smallest absolute Gasteiger partial charge is 0.408 e. The predicted octanol–water partition coefficient (Wildman–Crippen LogP) is 5.94. The third kappa shape index (κ3) is 8.48. The molecular weight excluding hydrogens is 466 g/mol. The summed E-state index contributed by atoms with van der Waals surface area (Å²) >= 11 is 0. The largest absolute Gasteiger partial charge is 0.444 e. The Labute approximate surface area is 221 Å². The van der Waals surface area contributed by atoms with Crippen molar-refractivity contribution < 1.29 is 19.1 Å². The van der Waals surface area contributed by atoms with E-state index in [9.17, 15) is 14.4 Å². The summed E-state index contributed by atoms with van der Waals surface area (Å²) in [6.45, 7) is 16.9. The molecule has 0 aliphatic carbocycles. The Morgan fingerprint density at radius 3 is 2.22 bits per heavy atom. The number of ether oxygens (including phenoxy) is 1. The van der Waals surface area contributed by atoms with Gasteiger partial charge in [0.1, 0.15) is 17.7 Å². The lowest BCUT2D eigenvalue weighted by Gasteiger charge is -2.35. The van der Waals surface area contributed by atoms with Gasteiger partial charge in [0.05, 0.1) is 0 Å². The molecule has 3 amide bonds. The molecule has 0 aromatic heterocycles. The first-order chi connectivity index (χ1) is 17.4. The molecule has 0 saturated heterocycles. The summed E-state index contributed by atoms with van der Waals surface area (Å²) in [6, 6.07) is 13.2. The van der Waals surface area contributed by atoms with Crippen molar-refractivity contribution in [2.24, 2.45) is 5.92 Å². The molecule has 0 aliphatic rings. The van der Waals surface area contributed by atoms with Gasteiger partial charge in [-0.1, -0.05) is 74.4 Å². The zero-order valence-electron chi connectivity index (χ0n) is 23.1. The molecule has 0 radical (unpaired) electrons. The van der Waals surface area contributed by atoms with E-state index in [1.165, 1.54) is 4.90 Å². The fourth-order valence-corrected chi connectivity index (χ4v) is 3.89. The van der Waals surface area contributed by atoms with Gasteiger partial charge in [-0.2, -0.15) is 0 Å². The van der Waals surface area contributed by atoms with Crippen LogP contribution in [0.25, 0.3) is 0 Å². The van der Waals surface area contributed by atoms with Gasteiger partial charge in [-0.15, -0.1) is 6.58 Å². The summed E-state index contributed by atoms with van der Waals surface area (Å²) < 4.78 is 5.43. The summed E-state index contributed by atoms with van der Waals surface area (Å²) in [5, 5.41) is 5.75. The Bertz CT molecular complexity index is 1090. The minimum Gasteiger partial charge on any atom is -0.444 e. The topological polar surface area (TPSA) is 87.7 Å². The SMILES string of the molecule is C=CCN(C(=O)C(NC(=O)OC(C)(C)C)C(C)CC)C(C(=O)Nc1ccccc1C)c1ccc(C)cc1. The maximum Gasteiger partial charge on any atom is 0.408 e. The van der Waals surface area contributed by atoms with E-state index in [1.807, 2.05) is 76.2 Å². The second-order valence-electron chi connectivity index (χ2n) is 10.4. The number of rotatable bonds is 10. The number of alkyl carbamates (subject to hydrolysis) is 1. The molecule has 0 fully saturated rings. The quantitative estimate of drug-likeness (QED) is 0.390. The zero-order valence-corrected chi connectivity index (χ0v) is 23.1. The van der Waals surface area contributed by atoms with Gasteiger partial charge < -0.3 is 20.3 Å². The lowest BCUT2D eigenvalue weighted by atomic mass is 9.95. The second kappa shape index (κ2) is 13.1. The summed E-state index contributed by atoms with van der Waals surface area (Å²) in [5.41, 5.74) is 2.55. The number of para-hydroxylation sites is 1. The number of anilines is 1. The van der Waals surface area contributed by atoms with Crippen molar-refractivity contribution in [3.05, 3.63) is 77.9 Å². The zero-order chi connectivity index (χ0) is 27.8. The van der Waals surface area contributed by atoms with E-state index in [-0.39, 0.29) is 24.3 Å². The lowest BCUT2D eigenvalue weighted by Crippen LogP contribution is -2.54. The van der Waals surface area contributed by atoms with E-state index in [1.54, 1.807) is 26.8 Å². The van der Waals surface area contributed by atoms with Crippen LogP contribution in [0.1, 0.15) is 63.8 Å². The Hall–Kier alpha value is -3.61. The van der Waals surface area contributed by atoms with Crippen LogP contribution >= 0.6 is 0 Å². The average molecular weight is 508 g/mol. The second-order valence-corrected chi connectivity index (χ2v) is 10.4. The molecule has 2 rings (SSSR count). The third-order valence-electron chi connectivity index (χ3n) is 6.12. The minimum absolute atomic E-state index is 0.113. The van der Waals surface area contributed by atoms with Gasteiger partial charge in [-0.25, -0.2) is 4.79 Å². The van der Waals surface area contributed by atoms with Gasteiger partial charge in [0.2, 0.25) is 5.91 Å². The van der Waals surface area contributed by atoms with Gasteiger partial charge >= 0.3 is 6.09 Å². The highest BCUT2D eigenvalue weighted by atomic mass is 16.6. The number of benzene rings is 2. The molecule has 0 saturated carbocycles. The maximum absolute atomic E-state index is 14.1. The van der Waals surface area contributed by atoms with E-state index < -0.39 is 23.8 Å². The van der Waals surface area contributed by atoms with Crippen molar-refractivity contribution in [1.29, 1.82) is 0 Å². The molecule has 3 atom stereocenters. The predicted molar refractivity (Wildman–Crippen MR) is 148 cm³/mol. The molecule has 37 heavy (non-hydrogen) atoms. The van der Waals surface area contributed by atoms with Crippen LogP contribution in [0, 0.1) is 19.8 Å². The fourth-order valence-electron chi connectivity index (χ4n) is 3.89. The molecule has 7 heteroatoms. The molecule has 0 aliphatic heterocycles. The van der Waals surface area contributed by atoms with Crippen molar-refractivity contribution in [3.63, 3.8) is 0 Å². The van der Waals surface area contributed by atoms with E-state index in [0.29, 0.717) is 17.7 Å². The highest BCUT2D eigenvalue weighted by Crippen LogP contribution is 2.27. The van der Waals surface area contributed by atoms with Gasteiger partial charge in [-0.05, 0) is 57.7 Å². The number of aryl methyl sites for hydroxylation is 2. The van der Waals surface area contributed by atoms with Crippen LogP contribution in [0.4, 0.5) is 10.5 Å². The van der Waals surface area contributed by atoms with Gasteiger partial charge in [0.25, 0.3) is 5.91 Å². The molecule has 3 unspecified atom stereocenters. The van der Waals surface area contributed by atoms with Gasteiger partial charge in [0.15, 0.2) is 0 Å². The Morgan fingerprint density at radius 2 is 1.68 bits per heavy atom. The maximum atomic E-state index is 14.1. The molecule has 0 bridgehead atoms. The van der Waals surface area contributed by atoms with Crippen LogP contribution in [-0.4, -0.2) is 41.0 Å². The van der Waals surface area contributed by atoms with E-state index in [4.69, 9.17) is 4.74 Å². The van der Waals surface area contributed by atoms with Gasteiger partial charge in [-0.3, -0.25) is 9.59 Å². The summed E-state index contributed by atoms with van der Waals surface area (Å²) in [4.78, 5) is 42.0. The van der Waals surface area contributed by atoms with Crippen LogP contribution in [0.2, 0.25) is 0 Å². The lowest BCUT2D eigenvalue weighted by molar-refractivity contribution is -0.141. The van der Waals surface area contributed by atoms with E-state index >= 15 is 0 Å². The summed E-state index contributed by atoms with van der Waals surface area (Å²) in [6.07, 6.45) is 1.54. The first kappa shape index (κ1) is 29.6. The van der Waals surface area contributed by atoms with Crippen molar-refractivity contribution in [2.45, 2.75) is 72.6 Å². The minimum atomic E-state index is -0.947. The molecule has 2 aromatic rings. The number of carbonyl (C=O) groups excluding carboxylic acids is 3.